The number of carbonyl (C=O) groups is 1. The van der Waals surface area contributed by atoms with Gasteiger partial charge in [0.25, 0.3) is 0 Å². The topological polar surface area (TPSA) is 82.6 Å². The van der Waals surface area contributed by atoms with Gasteiger partial charge < -0.3 is 4.90 Å². The van der Waals surface area contributed by atoms with E-state index in [1.807, 2.05) is 30.9 Å². The SMILES string of the molecule is C=CCN1C(=O)[C@@H](C(C)C)NC12CCN(S(=O)(=O)c1cccc3cccnc13)CC2. The van der Waals surface area contributed by atoms with E-state index in [2.05, 4.69) is 16.9 Å². The third-order valence-electron chi connectivity index (χ3n) is 6.21. The van der Waals surface area contributed by atoms with Gasteiger partial charge in [-0.15, -0.1) is 6.58 Å². The van der Waals surface area contributed by atoms with Gasteiger partial charge in [0.15, 0.2) is 0 Å². The molecule has 2 aliphatic heterocycles. The van der Waals surface area contributed by atoms with E-state index in [1.165, 1.54) is 4.31 Å². The summed E-state index contributed by atoms with van der Waals surface area (Å²) in [5.41, 5.74) is -0.0360. The number of carbonyl (C=O) groups excluding carboxylic acids is 1. The molecule has 7 nitrogen and oxygen atoms in total. The van der Waals surface area contributed by atoms with Crippen LogP contribution in [0.2, 0.25) is 0 Å². The zero-order valence-electron chi connectivity index (χ0n) is 17.4. The Bertz CT molecular complexity index is 1070. The summed E-state index contributed by atoms with van der Waals surface area (Å²) in [5, 5.41) is 4.32. The average Bonchev–Trinajstić information content (AvgIpc) is 3.00. The summed E-state index contributed by atoms with van der Waals surface area (Å²) in [6, 6.07) is 8.63. The van der Waals surface area contributed by atoms with Crippen molar-refractivity contribution in [3.8, 4) is 0 Å². The largest absolute Gasteiger partial charge is 0.319 e. The molecule has 0 saturated carbocycles. The van der Waals surface area contributed by atoms with Crippen molar-refractivity contribution in [2.75, 3.05) is 19.6 Å². The molecule has 1 N–H and O–H groups in total. The van der Waals surface area contributed by atoms with Crippen molar-refractivity contribution in [1.29, 1.82) is 0 Å². The Balaban J connectivity index is 1.61. The predicted molar refractivity (Wildman–Crippen MR) is 116 cm³/mol. The van der Waals surface area contributed by atoms with Crippen LogP contribution in [-0.2, 0) is 14.8 Å². The highest BCUT2D eigenvalue weighted by molar-refractivity contribution is 7.89. The summed E-state index contributed by atoms with van der Waals surface area (Å²) in [7, 11) is -3.69. The first-order valence-corrected chi connectivity index (χ1v) is 11.8. The Labute approximate surface area is 177 Å². The van der Waals surface area contributed by atoms with E-state index in [1.54, 1.807) is 30.5 Å². The van der Waals surface area contributed by atoms with E-state index in [0.717, 1.165) is 5.39 Å². The molecule has 30 heavy (non-hydrogen) atoms. The standard InChI is InChI=1S/C22H28N4O3S/c1-4-13-26-21(27)19(16(2)3)24-22(26)10-14-25(15-11-22)30(28,29)18-9-5-7-17-8-6-12-23-20(17)18/h4-9,12,16,19,24H,1,10-11,13-15H2,2-3H3/t19-/m1/s1. The second-order valence-electron chi connectivity index (χ2n) is 8.37. The highest BCUT2D eigenvalue weighted by atomic mass is 32.2. The first-order chi connectivity index (χ1) is 14.3. The van der Waals surface area contributed by atoms with Crippen molar-refractivity contribution in [2.45, 2.75) is 43.3 Å². The van der Waals surface area contributed by atoms with E-state index in [4.69, 9.17) is 0 Å². The fraction of sp³-hybridized carbons (Fsp3) is 0.455. The number of benzene rings is 1. The lowest BCUT2D eigenvalue weighted by Crippen LogP contribution is -2.59. The lowest BCUT2D eigenvalue weighted by molar-refractivity contribution is -0.133. The van der Waals surface area contributed by atoms with E-state index in [-0.39, 0.29) is 22.8 Å². The first kappa shape index (κ1) is 21.0. The molecular weight excluding hydrogens is 400 g/mol. The molecule has 2 fully saturated rings. The molecule has 3 heterocycles. The maximum atomic E-state index is 13.4. The van der Waals surface area contributed by atoms with Gasteiger partial charge in [-0.05, 0) is 30.9 Å². The lowest BCUT2D eigenvalue weighted by Gasteiger charge is -2.44. The molecule has 2 saturated heterocycles. The number of aromatic nitrogens is 1. The predicted octanol–water partition coefficient (Wildman–Crippen LogP) is 2.36. The van der Waals surface area contributed by atoms with Crippen molar-refractivity contribution in [3.63, 3.8) is 0 Å². The van der Waals surface area contributed by atoms with Crippen LogP contribution < -0.4 is 5.32 Å². The van der Waals surface area contributed by atoms with Gasteiger partial charge in [0, 0.05) is 31.2 Å². The molecule has 2 aromatic rings. The Kier molecular flexibility index (Phi) is 5.42. The Hall–Kier alpha value is -2.29. The zero-order chi connectivity index (χ0) is 21.5. The van der Waals surface area contributed by atoms with Crippen molar-refractivity contribution < 1.29 is 13.2 Å². The third kappa shape index (κ3) is 3.33. The molecule has 2 aliphatic rings. The van der Waals surface area contributed by atoms with Crippen LogP contribution >= 0.6 is 0 Å². The molecule has 0 unspecified atom stereocenters. The van der Waals surface area contributed by atoms with Crippen molar-refractivity contribution in [2.24, 2.45) is 5.92 Å². The van der Waals surface area contributed by atoms with Crippen LogP contribution in [0.1, 0.15) is 26.7 Å². The zero-order valence-corrected chi connectivity index (χ0v) is 18.2. The second kappa shape index (κ2) is 7.76. The maximum absolute atomic E-state index is 13.4. The number of hydrogen-bond acceptors (Lipinski definition) is 5. The molecule has 1 aromatic carbocycles. The van der Waals surface area contributed by atoms with Gasteiger partial charge in [-0.25, -0.2) is 8.42 Å². The second-order valence-corrected chi connectivity index (χ2v) is 10.3. The van der Waals surface area contributed by atoms with Crippen LogP contribution in [0.25, 0.3) is 10.9 Å². The minimum Gasteiger partial charge on any atom is -0.319 e. The fourth-order valence-electron chi connectivity index (χ4n) is 4.59. The molecule has 1 spiro atoms. The molecule has 8 heteroatoms. The fourth-order valence-corrected chi connectivity index (χ4v) is 6.19. The van der Waals surface area contributed by atoms with Gasteiger partial charge in [-0.2, -0.15) is 4.31 Å². The molecule has 4 rings (SSSR count). The summed E-state index contributed by atoms with van der Waals surface area (Å²) >= 11 is 0. The number of piperidine rings is 1. The molecule has 0 radical (unpaired) electrons. The normalized spacial score (nSPS) is 22.3. The highest BCUT2D eigenvalue weighted by Crippen LogP contribution is 2.36. The smallest absolute Gasteiger partial charge is 0.245 e. The molecule has 0 aliphatic carbocycles. The van der Waals surface area contributed by atoms with Gasteiger partial charge >= 0.3 is 0 Å². The van der Waals surface area contributed by atoms with E-state index in [9.17, 15) is 13.2 Å². The van der Waals surface area contributed by atoms with Crippen molar-refractivity contribution in [3.05, 3.63) is 49.2 Å². The molecule has 160 valence electrons. The van der Waals surface area contributed by atoms with Crippen LogP contribution in [0.15, 0.2) is 54.1 Å². The van der Waals surface area contributed by atoms with Crippen LogP contribution in [0.3, 0.4) is 0 Å². The quantitative estimate of drug-likeness (QED) is 0.740. The molecule has 1 atom stereocenters. The summed E-state index contributed by atoms with van der Waals surface area (Å²) in [4.78, 5) is 19.3. The number of pyridine rings is 1. The molecule has 1 amide bonds. The monoisotopic (exact) mass is 428 g/mol. The Morgan fingerprint density at radius 3 is 2.63 bits per heavy atom. The highest BCUT2D eigenvalue weighted by Gasteiger charge is 2.52. The third-order valence-corrected chi connectivity index (χ3v) is 8.14. The number of hydrogen-bond donors (Lipinski definition) is 1. The maximum Gasteiger partial charge on any atom is 0.245 e. The summed E-state index contributed by atoms with van der Waals surface area (Å²) in [6.07, 6.45) is 4.41. The minimum atomic E-state index is -3.69. The number of fused-ring (bicyclic) bond motifs is 1. The number of nitrogens with one attached hydrogen (secondary N) is 1. The summed E-state index contributed by atoms with van der Waals surface area (Å²) in [6.45, 7) is 8.97. The van der Waals surface area contributed by atoms with Crippen LogP contribution in [0.4, 0.5) is 0 Å². The van der Waals surface area contributed by atoms with Gasteiger partial charge in [-0.3, -0.25) is 15.1 Å². The Morgan fingerprint density at radius 2 is 1.97 bits per heavy atom. The van der Waals surface area contributed by atoms with Gasteiger partial charge in [0.05, 0.1) is 17.2 Å². The summed E-state index contributed by atoms with van der Waals surface area (Å²) < 4.78 is 28.4. The van der Waals surface area contributed by atoms with Gasteiger partial charge in [-0.1, -0.05) is 38.1 Å². The number of para-hydroxylation sites is 1. The number of amides is 1. The average molecular weight is 429 g/mol. The van der Waals surface area contributed by atoms with Crippen molar-refractivity contribution >= 4 is 26.8 Å². The van der Waals surface area contributed by atoms with Crippen LogP contribution in [0, 0.1) is 5.92 Å². The number of rotatable bonds is 5. The first-order valence-electron chi connectivity index (χ1n) is 10.3. The van der Waals surface area contributed by atoms with E-state index in [0.29, 0.717) is 38.0 Å². The number of nitrogens with zero attached hydrogens (tertiary/aromatic N) is 3. The van der Waals surface area contributed by atoms with Crippen LogP contribution in [-0.4, -0.2) is 59.9 Å². The van der Waals surface area contributed by atoms with Gasteiger partial charge in [0.2, 0.25) is 15.9 Å². The molecular formula is C22H28N4O3S. The van der Waals surface area contributed by atoms with Crippen LogP contribution in [0.5, 0.6) is 0 Å². The molecule has 1 aromatic heterocycles. The number of sulfonamides is 1. The summed E-state index contributed by atoms with van der Waals surface area (Å²) in [5.74, 6) is 0.229. The Morgan fingerprint density at radius 1 is 1.27 bits per heavy atom. The van der Waals surface area contributed by atoms with Crippen molar-refractivity contribution in [1.82, 2.24) is 19.5 Å². The van der Waals surface area contributed by atoms with Gasteiger partial charge in [0.1, 0.15) is 4.90 Å². The van der Waals surface area contributed by atoms with E-state index < -0.39 is 15.7 Å². The molecule has 0 bridgehead atoms. The van der Waals surface area contributed by atoms with E-state index >= 15 is 0 Å². The minimum absolute atomic E-state index is 0.0689. The lowest BCUT2D eigenvalue weighted by atomic mass is 9.97.